The van der Waals surface area contributed by atoms with Crippen LogP contribution in [-0.2, 0) is 20.7 Å². The molecule has 4 N–H and O–H groups in total. The van der Waals surface area contributed by atoms with Crippen LogP contribution in [0.25, 0.3) is 0 Å². The summed E-state index contributed by atoms with van der Waals surface area (Å²) in [6.07, 6.45) is 2.42. The van der Waals surface area contributed by atoms with Gasteiger partial charge in [-0.1, -0.05) is 6.07 Å². The number of hydrogen-bond donors (Lipinski definition) is 3. The minimum atomic E-state index is -0.956. The Labute approximate surface area is 150 Å². The van der Waals surface area contributed by atoms with Crippen molar-refractivity contribution in [2.75, 3.05) is 6.61 Å². The highest BCUT2D eigenvalue weighted by Gasteiger charge is 2.19. The van der Waals surface area contributed by atoms with Crippen molar-refractivity contribution >= 4 is 11.9 Å². The first kappa shape index (κ1) is 19.2. The number of carbonyl (C=O) groups excluding carboxylic acids is 2. The minimum absolute atomic E-state index is 0.123. The molecule has 0 amide bonds. The second-order valence-electron chi connectivity index (χ2n) is 5.72. The zero-order chi connectivity index (χ0) is 19.1. The fourth-order valence-electron chi connectivity index (χ4n) is 2.11. The third-order valence-corrected chi connectivity index (χ3v) is 3.48. The van der Waals surface area contributed by atoms with Gasteiger partial charge in [-0.2, -0.15) is 0 Å². The number of benzene rings is 1. The lowest BCUT2D eigenvalue weighted by atomic mass is 10.1. The molecule has 0 spiro atoms. The normalized spacial score (nSPS) is 12.8. The van der Waals surface area contributed by atoms with Crippen LogP contribution in [0.3, 0.4) is 0 Å². The summed E-state index contributed by atoms with van der Waals surface area (Å²) < 4.78 is 10.2. The molecular formula is C18H20N2O6. The maximum atomic E-state index is 12.0. The number of nitrogens with zero attached hydrogens (tertiary/aromatic N) is 1. The first-order valence-corrected chi connectivity index (χ1v) is 7.91. The van der Waals surface area contributed by atoms with E-state index in [2.05, 4.69) is 4.98 Å². The van der Waals surface area contributed by atoms with Gasteiger partial charge in [0.2, 0.25) is 0 Å². The van der Waals surface area contributed by atoms with E-state index in [1.54, 1.807) is 13.0 Å². The topological polar surface area (TPSA) is 132 Å². The Morgan fingerprint density at radius 1 is 1.15 bits per heavy atom. The van der Waals surface area contributed by atoms with Gasteiger partial charge >= 0.3 is 11.9 Å². The Hall–Kier alpha value is -3.13. The number of hydrogen-bond acceptors (Lipinski definition) is 8. The maximum absolute atomic E-state index is 12.0. The number of aromatic nitrogens is 1. The lowest BCUT2D eigenvalue weighted by molar-refractivity contribution is -0.148. The van der Waals surface area contributed by atoms with E-state index < -0.39 is 24.1 Å². The van der Waals surface area contributed by atoms with Crippen LogP contribution in [0, 0.1) is 0 Å². The Kier molecular flexibility index (Phi) is 6.51. The van der Waals surface area contributed by atoms with E-state index in [-0.39, 0.29) is 24.5 Å². The van der Waals surface area contributed by atoms with Gasteiger partial charge in [0.1, 0.15) is 18.8 Å². The van der Waals surface area contributed by atoms with Crippen LogP contribution in [0.1, 0.15) is 22.8 Å². The van der Waals surface area contributed by atoms with Crippen molar-refractivity contribution in [1.29, 1.82) is 0 Å². The summed E-state index contributed by atoms with van der Waals surface area (Å²) in [4.78, 5) is 27.6. The molecule has 2 aromatic rings. The molecule has 0 fully saturated rings. The van der Waals surface area contributed by atoms with Crippen LogP contribution in [0.15, 0.2) is 42.7 Å². The van der Waals surface area contributed by atoms with Gasteiger partial charge in [0, 0.05) is 12.4 Å². The number of esters is 2. The third kappa shape index (κ3) is 5.45. The molecule has 0 saturated heterocycles. The lowest BCUT2D eigenvalue weighted by Gasteiger charge is -2.16. The predicted molar refractivity (Wildman–Crippen MR) is 91.5 cm³/mol. The largest absolute Gasteiger partial charge is 0.504 e. The highest BCUT2D eigenvalue weighted by molar-refractivity contribution is 5.89. The molecule has 26 heavy (non-hydrogen) atoms. The van der Waals surface area contributed by atoms with E-state index in [9.17, 15) is 19.8 Å². The van der Waals surface area contributed by atoms with Crippen molar-refractivity contribution in [3.05, 3.63) is 53.9 Å². The van der Waals surface area contributed by atoms with Crippen LogP contribution in [0.2, 0.25) is 0 Å². The van der Waals surface area contributed by atoms with Gasteiger partial charge in [-0.3, -0.25) is 9.78 Å². The molecule has 8 heteroatoms. The fraction of sp³-hybridized carbons (Fsp3) is 0.278. The summed E-state index contributed by atoms with van der Waals surface area (Å²) in [5.41, 5.74) is 6.70. The second kappa shape index (κ2) is 8.82. The quantitative estimate of drug-likeness (QED) is 0.495. The highest BCUT2D eigenvalue weighted by Crippen LogP contribution is 2.25. The molecule has 0 bridgehead atoms. The Bertz CT molecular complexity index is 766. The summed E-state index contributed by atoms with van der Waals surface area (Å²) >= 11 is 0. The van der Waals surface area contributed by atoms with E-state index in [1.165, 1.54) is 36.7 Å². The number of aromatic hydroxyl groups is 2. The van der Waals surface area contributed by atoms with Crippen LogP contribution < -0.4 is 5.73 Å². The van der Waals surface area contributed by atoms with Crippen LogP contribution in [0.4, 0.5) is 0 Å². The molecule has 2 rings (SSSR count). The van der Waals surface area contributed by atoms with Crippen molar-refractivity contribution in [3.63, 3.8) is 0 Å². The molecule has 1 aromatic carbocycles. The van der Waals surface area contributed by atoms with Gasteiger partial charge in [-0.25, -0.2) is 4.79 Å². The van der Waals surface area contributed by atoms with E-state index in [0.29, 0.717) is 11.1 Å². The van der Waals surface area contributed by atoms with Crippen molar-refractivity contribution in [2.45, 2.75) is 25.5 Å². The number of pyridine rings is 1. The number of nitrogens with two attached hydrogens (primary N) is 1. The zero-order valence-corrected chi connectivity index (χ0v) is 14.2. The molecule has 0 aliphatic rings. The van der Waals surface area contributed by atoms with Crippen LogP contribution in [0.5, 0.6) is 11.5 Å². The molecular weight excluding hydrogens is 340 g/mol. The Balaban J connectivity index is 1.79. The maximum Gasteiger partial charge on any atom is 0.338 e. The van der Waals surface area contributed by atoms with E-state index in [1.807, 2.05) is 0 Å². The standard InChI is InChI=1S/C18H20N2O6/c1-11(26-17(23)13-4-6-20-7-5-13)10-25-18(24)14(19)8-12-2-3-15(21)16(22)9-12/h2-7,9,11,14,21-22H,8,10,19H2,1H3/t11-,14+/m1/s1. The van der Waals surface area contributed by atoms with Gasteiger partial charge in [0.25, 0.3) is 0 Å². The zero-order valence-electron chi connectivity index (χ0n) is 14.2. The molecule has 0 saturated carbocycles. The monoisotopic (exact) mass is 360 g/mol. The lowest BCUT2D eigenvalue weighted by Crippen LogP contribution is -2.36. The molecule has 1 aromatic heterocycles. The van der Waals surface area contributed by atoms with E-state index in [0.717, 1.165) is 0 Å². The number of phenols is 2. The van der Waals surface area contributed by atoms with Crippen molar-refractivity contribution in [1.82, 2.24) is 4.98 Å². The van der Waals surface area contributed by atoms with Crippen LogP contribution in [-0.4, -0.2) is 45.9 Å². The average Bonchev–Trinajstić information content (AvgIpc) is 2.63. The number of ether oxygens (including phenoxy) is 2. The number of carbonyl (C=O) groups is 2. The molecule has 1 heterocycles. The summed E-state index contributed by atoms with van der Waals surface area (Å²) in [7, 11) is 0. The van der Waals surface area contributed by atoms with Gasteiger partial charge < -0.3 is 25.4 Å². The summed E-state index contributed by atoms with van der Waals surface area (Å²) in [6.45, 7) is 1.46. The number of phenolic OH excluding ortho intramolecular Hbond substituents is 2. The first-order valence-electron chi connectivity index (χ1n) is 7.91. The fourth-order valence-corrected chi connectivity index (χ4v) is 2.11. The smallest absolute Gasteiger partial charge is 0.338 e. The van der Waals surface area contributed by atoms with Crippen LogP contribution >= 0.6 is 0 Å². The average molecular weight is 360 g/mol. The van der Waals surface area contributed by atoms with Crippen molar-refractivity contribution in [2.24, 2.45) is 5.73 Å². The summed E-state index contributed by atoms with van der Waals surface area (Å²) in [5, 5.41) is 18.7. The van der Waals surface area contributed by atoms with E-state index >= 15 is 0 Å². The molecule has 138 valence electrons. The Morgan fingerprint density at radius 3 is 2.50 bits per heavy atom. The molecule has 0 aliphatic heterocycles. The molecule has 0 radical (unpaired) electrons. The second-order valence-corrected chi connectivity index (χ2v) is 5.72. The summed E-state index contributed by atoms with van der Waals surface area (Å²) in [5.74, 6) is -1.75. The predicted octanol–water partition coefficient (Wildman–Crippen LogP) is 1.15. The molecule has 2 atom stereocenters. The minimum Gasteiger partial charge on any atom is -0.504 e. The molecule has 8 nitrogen and oxygen atoms in total. The van der Waals surface area contributed by atoms with Gasteiger partial charge in [0.05, 0.1) is 5.56 Å². The van der Waals surface area contributed by atoms with Gasteiger partial charge in [-0.05, 0) is 43.2 Å². The van der Waals surface area contributed by atoms with Crippen molar-refractivity contribution in [3.8, 4) is 11.5 Å². The first-order chi connectivity index (χ1) is 12.4. The molecule has 0 unspecified atom stereocenters. The van der Waals surface area contributed by atoms with Gasteiger partial charge in [-0.15, -0.1) is 0 Å². The van der Waals surface area contributed by atoms with Crippen molar-refractivity contribution < 1.29 is 29.3 Å². The van der Waals surface area contributed by atoms with E-state index in [4.69, 9.17) is 15.2 Å². The van der Waals surface area contributed by atoms with Gasteiger partial charge in [0.15, 0.2) is 11.5 Å². The number of rotatable bonds is 7. The Morgan fingerprint density at radius 2 is 1.85 bits per heavy atom. The third-order valence-electron chi connectivity index (χ3n) is 3.48. The SMILES string of the molecule is C[C@H](COC(=O)[C@@H](N)Cc1ccc(O)c(O)c1)OC(=O)c1ccncc1. The summed E-state index contributed by atoms with van der Waals surface area (Å²) in [6, 6.07) is 6.25. The highest BCUT2D eigenvalue weighted by atomic mass is 16.6. The molecule has 0 aliphatic carbocycles.